The molecule has 354 valence electrons. The molecule has 0 radical (unpaired) electrons. The standard InChI is InChI=1S/C20H19F4NO4.C19H19F2NO4.C2HF3O4S/c1-3-27-19(26)16-8-13(12-5-4-11(21)7-15(12)22)14-6-10(2)17(9-28-20(23)24)29-18(14)25-16;1-3-25-19(24)16-8-13(12-5-4-11(20)7-15(12)21)14-6-10(2)17(9-23)26-18(14)22-16;3-2(4,1(6)7)10(5,8)9/h4-5,7-8,10,17,20H,3,6,9H2,1-2H3;4-5,7-8,10,17,23H,3,6,9H2,1-2H3;(H,6,7). The number of aromatic nitrogens is 2. The highest BCUT2D eigenvalue weighted by molar-refractivity contribution is 7.88. The lowest BCUT2D eigenvalue weighted by molar-refractivity contribution is -0.154. The Bertz CT molecular complexity index is 2500. The number of rotatable bonds is 12. The molecule has 4 aromatic rings. The summed E-state index contributed by atoms with van der Waals surface area (Å²) < 4.78 is 159. The third-order valence-corrected chi connectivity index (χ3v) is 10.3. The van der Waals surface area contributed by atoms with E-state index in [4.69, 9.17) is 24.1 Å². The average molecular weight is 955 g/mol. The van der Waals surface area contributed by atoms with Gasteiger partial charge in [-0.2, -0.15) is 26.0 Å². The molecule has 0 fully saturated rings. The predicted octanol–water partition coefficient (Wildman–Crippen LogP) is 7.48. The molecule has 6 rings (SSSR count). The van der Waals surface area contributed by atoms with Gasteiger partial charge in [-0.25, -0.2) is 41.9 Å². The fraction of sp³-hybridized carbons (Fsp3) is 0.390. The molecule has 0 bridgehead atoms. The Kier molecular flexibility index (Phi) is 17.3. The minimum Gasteiger partial charge on any atom is -0.476 e. The molecular formula is C41H39F9N2O12S. The van der Waals surface area contributed by atoms with Crippen LogP contribution in [0.1, 0.15) is 59.8 Å². The van der Waals surface area contributed by atoms with E-state index in [1.165, 1.54) is 24.3 Å². The van der Waals surface area contributed by atoms with Crippen LogP contribution in [0.25, 0.3) is 22.3 Å². The van der Waals surface area contributed by atoms with Gasteiger partial charge in [-0.15, -0.1) is 0 Å². The van der Waals surface area contributed by atoms with Crippen molar-refractivity contribution in [2.45, 2.75) is 64.6 Å². The summed E-state index contributed by atoms with van der Waals surface area (Å²) in [6.45, 7) is 3.69. The highest BCUT2D eigenvalue weighted by Gasteiger charge is 2.54. The molecule has 2 aromatic heterocycles. The molecule has 0 amide bonds. The van der Waals surface area contributed by atoms with Crippen LogP contribution in [0.4, 0.5) is 39.0 Å². The van der Waals surface area contributed by atoms with Gasteiger partial charge in [0.1, 0.15) is 35.5 Å². The molecule has 4 unspecified atom stereocenters. The SMILES string of the molecule is CCOC(=O)c1cc(-c2ccc(F)cc2F)c2c(n1)OC(CO)C(C)C2.CCOC(=O)c1cc(-c2ccc(F)cc2F)c2c(n1)OC(COC(F)F)C(C)C2.O=C(O)C(F)(F)S(=O)(=O)F. The summed E-state index contributed by atoms with van der Waals surface area (Å²) in [5.41, 5.74) is 1.85. The van der Waals surface area contributed by atoms with Crippen molar-refractivity contribution >= 4 is 28.1 Å². The number of aliphatic carboxylic acids is 1. The minimum atomic E-state index is -6.33. The fourth-order valence-electron chi connectivity index (χ4n) is 6.31. The van der Waals surface area contributed by atoms with Crippen LogP contribution in [0.5, 0.6) is 11.8 Å². The number of alkyl halides is 4. The van der Waals surface area contributed by atoms with Crippen molar-refractivity contribution in [2.75, 3.05) is 26.4 Å². The number of carbonyl (C=O) groups excluding carboxylic acids is 2. The number of carboxylic acid groups (broad SMARTS) is 1. The summed E-state index contributed by atoms with van der Waals surface area (Å²) in [5, 5.41) is 11.5. The Morgan fingerprint density at radius 3 is 1.51 bits per heavy atom. The molecule has 4 heterocycles. The first-order valence-corrected chi connectivity index (χ1v) is 20.5. The molecule has 0 saturated carbocycles. The van der Waals surface area contributed by atoms with Crippen LogP contribution in [-0.4, -0.2) is 97.0 Å². The first kappa shape index (κ1) is 51.6. The summed E-state index contributed by atoms with van der Waals surface area (Å²) in [6.07, 6.45) is -0.414. The molecule has 24 heteroatoms. The van der Waals surface area contributed by atoms with E-state index in [1.807, 2.05) is 6.92 Å². The summed E-state index contributed by atoms with van der Waals surface area (Å²) in [6, 6.07) is 9.14. The van der Waals surface area contributed by atoms with Crippen LogP contribution in [0.15, 0.2) is 48.5 Å². The van der Waals surface area contributed by atoms with Gasteiger partial charge in [0, 0.05) is 34.4 Å². The summed E-state index contributed by atoms with van der Waals surface area (Å²) in [5.74, 6) is -7.56. The highest BCUT2D eigenvalue weighted by atomic mass is 32.3. The Morgan fingerprint density at radius 1 is 0.754 bits per heavy atom. The topological polar surface area (TPSA) is 198 Å². The van der Waals surface area contributed by atoms with Crippen LogP contribution in [0.3, 0.4) is 0 Å². The Hall–Kier alpha value is -6.01. The Morgan fingerprint density at radius 2 is 1.17 bits per heavy atom. The number of halogens is 9. The largest absolute Gasteiger partial charge is 0.476 e. The zero-order valence-electron chi connectivity index (χ0n) is 34.4. The predicted molar refractivity (Wildman–Crippen MR) is 207 cm³/mol. The van der Waals surface area contributed by atoms with E-state index in [9.17, 15) is 66.9 Å². The van der Waals surface area contributed by atoms with Gasteiger partial charge in [-0.05, 0) is 86.1 Å². The van der Waals surface area contributed by atoms with Gasteiger partial charge in [0.05, 0.1) is 26.4 Å². The number of benzene rings is 2. The molecule has 0 spiro atoms. The van der Waals surface area contributed by atoms with Crippen molar-refractivity contribution in [3.63, 3.8) is 0 Å². The van der Waals surface area contributed by atoms with Gasteiger partial charge in [0.25, 0.3) is 0 Å². The van der Waals surface area contributed by atoms with Crippen molar-refractivity contribution < 1.29 is 95.7 Å². The number of aliphatic hydroxyl groups excluding tert-OH is 1. The number of carboxylic acids is 1. The Balaban J connectivity index is 0.000000237. The smallest absolute Gasteiger partial charge is 0.470 e. The number of aliphatic hydroxyl groups is 1. The molecular weight excluding hydrogens is 916 g/mol. The minimum absolute atomic E-state index is 0.00949. The van der Waals surface area contributed by atoms with E-state index >= 15 is 0 Å². The first-order chi connectivity index (χ1) is 30.4. The number of nitrogens with zero attached hydrogens (tertiary/aromatic N) is 2. The second-order valence-corrected chi connectivity index (χ2v) is 15.5. The summed E-state index contributed by atoms with van der Waals surface area (Å²) in [4.78, 5) is 42.0. The van der Waals surface area contributed by atoms with Crippen LogP contribution >= 0.6 is 0 Å². The zero-order valence-corrected chi connectivity index (χ0v) is 35.2. The number of pyridine rings is 2. The highest BCUT2D eigenvalue weighted by Crippen LogP contribution is 2.40. The monoisotopic (exact) mass is 954 g/mol. The quantitative estimate of drug-likeness (QED) is 0.0805. The van der Waals surface area contributed by atoms with Crippen LogP contribution in [-0.2, 0) is 42.1 Å². The van der Waals surface area contributed by atoms with Gasteiger partial charge in [0.2, 0.25) is 11.8 Å². The molecule has 65 heavy (non-hydrogen) atoms. The molecule has 2 aliphatic rings. The maximum absolute atomic E-state index is 14.4. The van der Waals surface area contributed by atoms with E-state index in [-0.39, 0.29) is 72.5 Å². The lowest BCUT2D eigenvalue weighted by Gasteiger charge is -2.32. The summed E-state index contributed by atoms with van der Waals surface area (Å²) in [7, 11) is -6.33. The molecule has 0 aliphatic carbocycles. The van der Waals surface area contributed by atoms with Crippen molar-refractivity contribution in [1.82, 2.24) is 9.97 Å². The fourth-order valence-corrected chi connectivity index (χ4v) is 6.52. The maximum Gasteiger partial charge on any atom is 0.470 e. The third-order valence-electron chi connectivity index (χ3n) is 9.55. The van der Waals surface area contributed by atoms with Gasteiger partial charge in [-0.1, -0.05) is 17.7 Å². The van der Waals surface area contributed by atoms with E-state index in [1.54, 1.807) is 20.8 Å². The normalized spacial score (nSPS) is 17.7. The van der Waals surface area contributed by atoms with Crippen LogP contribution in [0.2, 0.25) is 0 Å². The van der Waals surface area contributed by atoms with Gasteiger partial charge >= 0.3 is 40.0 Å². The lowest BCUT2D eigenvalue weighted by Crippen LogP contribution is -2.36. The van der Waals surface area contributed by atoms with Crippen LogP contribution < -0.4 is 9.47 Å². The second-order valence-electron chi connectivity index (χ2n) is 14.1. The molecule has 2 aliphatic heterocycles. The average Bonchev–Trinajstić information content (AvgIpc) is 3.22. The number of carbonyl (C=O) groups is 3. The zero-order chi connectivity index (χ0) is 48.6. The van der Waals surface area contributed by atoms with Crippen molar-refractivity contribution in [2.24, 2.45) is 11.8 Å². The molecule has 0 saturated heterocycles. The Labute approximate surface area is 364 Å². The van der Waals surface area contributed by atoms with Gasteiger partial charge in [0.15, 0.2) is 11.4 Å². The van der Waals surface area contributed by atoms with Gasteiger partial charge < -0.3 is 33.9 Å². The maximum atomic E-state index is 14.4. The second kappa shape index (κ2) is 21.8. The van der Waals surface area contributed by atoms with Crippen LogP contribution in [0, 0.1) is 35.1 Å². The lowest BCUT2D eigenvalue weighted by atomic mass is 9.88. The van der Waals surface area contributed by atoms with E-state index < -0.39 is 75.5 Å². The summed E-state index contributed by atoms with van der Waals surface area (Å²) >= 11 is 0. The van der Waals surface area contributed by atoms with Crippen molar-refractivity contribution in [3.8, 4) is 34.0 Å². The molecule has 14 nitrogen and oxygen atoms in total. The van der Waals surface area contributed by atoms with E-state index in [2.05, 4.69) is 14.7 Å². The number of hydrogen-bond donors (Lipinski definition) is 2. The molecule has 2 N–H and O–H groups in total. The third kappa shape index (κ3) is 12.6. The van der Waals surface area contributed by atoms with Crippen molar-refractivity contribution in [3.05, 3.63) is 94.3 Å². The first-order valence-electron chi connectivity index (χ1n) is 19.2. The van der Waals surface area contributed by atoms with Crippen molar-refractivity contribution in [1.29, 1.82) is 0 Å². The van der Waals surface area contributed by atoms with E-state index in [0.717, 1.165) is 24.3 Å². The number of esters is 2. The molecule has 4 atom stereocenters. The molecule has 2 aromatic carbocycles. The van der Waals surface area contributed by atoms with Gasteiger partial charge in [-0.3, -0.25) is 0 Å². The number of fused-ring (bicyclic) bond motifs is 2. The van der Waals surface area contributed by atoms with E-state index in [0.29, 0.717) is 35.1 Å². The number of ether oxygens (including phenoxy) is 5. The number of hydrogen-bond acceptors (Lipinski definition) is 13.